The van der Waals surface area contributed by atoms with Crippen LogP contribution < -0.4 is 5.32 Å². The number of anilines is 1. The van der Waals surface area contributed by atoms with Crippen LogP contribution in [-0.4, -0.2) is 29.9 Å². The molecule has 0 atom stereocenters. The maximum absolute atomic E-state index is 12.3. The van der Waals surface area contributed by atoms with Crippen LogP contribution in [-0.2, 0) is 33.9 Å². The van der Waals surface area contributed by atoms with E-state index in [1.54, 1.807) is 0 Å². The lowest BCUT2D eigenvalue weighted by molar-refractivity contribution is -0.135. The summed E-state index contributed by atoms with van der Waals surface area (Å²) in [5, 5.41) is 2.88. The topological polar surface area (TPSA) is 71.8 Å². The first-order valence-corrected chi connectivity index (χ1v) is 10.9. The van der Waals surface area contributed by atoms with Crippen molar-refractivity contribution in [2.75, 3.05) is 18.5 Å². The van der Waals surface area contributed by atoms with Crippen molar-refractivity contribution in [2.24, 2.45) is 5.92 Å². The fraction of sp³-hybridized carbons (Fsp3) is 0.308. The number of benzene rings is 2. The van der Waals surface area contributed by atoms with Crippen molar-refractivity contribution < 1.29 is 18.7 Å². The van der Waals surface area contributed by atoms with E-state index in [4.69, 9.17) is 9.15 Å². The molecule has 1 aliphatic rings. The lowest BCUT2D eigenvalue weighted by atomic mass is 10.1. The molecule has 0 unspecified atom stereocenters. The highest BCUT2D eigenvalue weighted by Crippen LogP contribution is 2.31. The highest BCUT2D eigenvalue weighted by atomic mass is 16.5. The molecule has 6 nitrogen and oxygen atoms in total. The maximum Gasteiger partial charge on any atom is 0.250 e. The molecule has 2 amide bonds. The summed E-state index contributed by atoms with van der Waals surface area (Å²) >= 11 is 0. The Morgan fingerprint density at radius 2 is 1.91 bits per heavy atom. The predicted molar refractivity (Wildman–Crippen MR) is 123 cm³/mol. The number of carbonyl (C=O) groups excluding carboxylic acids is 2. The molecular weight excluding hydrogens is 404 g/mol. The number of hydrogen-bond acceptors (Lipinski definition) is 4. The number of furan rings is 1. The molecule has 32 heavy (non-hydrogen) atoms. The summed E-state index contributed by atoms with van der Waals surface area (Å²) in [5.41, 5.74) is 3.63. The van der Waals surface area contributed by atoms with E-state index in [0.29, 0.717) is 31.8 Å². The smallest absolute Gasteiger partial charge is 0.250 e. The van der Waals surface area contributed by atoms with Crippen LogP contribution in [0.4, 0.5) is 5.69 Å². The largest absolute Gasteiger partial charge is 0.461 e. The number of ether oxygens (including phenoxy) is 1. The van der Waals surface area contributed by atoms with Gasteiger partial charge in [-0.25, -0.2) is 0 Å². The van der Waals surface area contributed by atoms with Crippen LogP contribution in [0.3, 0.4) is 0 Å². The van der Waals surface area contributed by atoms with Gasteiger partial charge in [-0.2, -0.15) is 0 Å². The van der Waals surface area contributed by atoms with E-state index in [1.165, 1.54) is 0 Å². The van der Waals surface area contributed by atoms with Crippen molar-refractivity contribution in [2.45, 2.75) is 33.4 Å². The zero-order valence-electron chi connectivity index (χ0n) is 18.5. The first-order chi connectivity index (χ1) is 15.5. The van der Waals surface area contributed by atoms with Crippen molar-refractivity contribution in [3.63, 3.8) is 0 Å². The number of rotatable bonds is 7. The molecule has 1 N–H and O–H groups in total. The molecule has 2 aromatic carbocycles. The summed E-state index contributed by atoms with van der Waals surface area (Å²) in [6, 6.07) is 19.3. The van der Waals surface area contributed by atoms with E-state index < -0.39 is 0 Å². The molecule has 0 fully saturated rings. The fourth-order valence-corrected chi connectivity index (χ4v) is 3.81. The third-order valence-electron chi connectivity index (χ3n) is 5.45. The van der Waals surface area contributed by atoms with Crippen LogP contribution in [0.15, 0.2) is 65.1 Å². The van der Waals surface area contributed by atoms with Crippen LogP contribution >= 0.6 is 0 Å². The van der Waals surface area contributed by atoms with E-state index in [2.05, 4.69) is 5.32 Å². The third-order valence-corrected chi connectivity index (χ3v) is 5.45. The number of hydrogen-bond donors (Lipinski definition) is 1. The summed E-state index contributed by atoms with van der Waals surface area (Å²) in [6.45, 7) is 5.47. The molecular formula is C26H28N2O4. The molecule has 0 spiro atoms. The average Bonchev–Trinajstić information content (AvgIpc) is 3.23. The molecule has 0 aliphatic carbocycles. The summed E-state index contributed by atoms with van der Waals surface area (Å²) in [7, 11) is 0. The van der Waals surface area contributed by atoms with E-state index in [1.807, 2.05) is 79.4 Å². The predicted octanol–water partition coefficient (Wildman–Crippen LogP) is 4.64. The van der Waals surface area contributed by atoms with Crippen molar-refractivity contribution in [3.05, 3.63) is 77.6 Å². The van der Waals surface area contributed by atoms with Crippen LogP contribution in [0.25, 0.3) is 11.3 Å². The molecule has 4 rings (SSSR count). The van der Waals surface area contributed by atoms with E-state index >= 15 is 0 Å². The van der Waals surface area contributed by atoms with Crippen molar-refractivity contribution >= 4 is 17.5 Å². The lowest BCUT2D eigenvalue weighted by Gasteiger charge is -2.27. The van der Waals surface area contributed by atoms with Gasteiger partial charge in [-0.15, -0.1) is 0 Å². The van der Waals surface area contributed by atoms with Gasteiger partial charge in [0, 0.05) is 42.2 Å². The van der Waals surface area contributed by atoms with Gasteiger partial charge < -0.3 is 19.4 Å². The van der Waals surface area contributed by atoms with Gasteiger partial charge in [0.2, 0.25) is 11.8 Å². The minimum Gasteiger partial charge on any atom is -0.461 e. The van der Waals surface area contributed by atoms with Crippen molar-refractivity contribution in [1.29, 1.82) is 0 Å². The molecule has 2 heterocycles. The van der Waals surface area contributed by atoms with E-state index in [9.17, 15) is 9.59 Å². The highest BCUT2D eigenvalue weighted by molar-refractivity contribution is 5.92. The SMILES string of the molecule is CC(C)C(=O)N1CCc2oc(-c3cccc(NC(=O)COCc4ccccc4)c3)cc2C1. The van der Waals surface area contributed by atoms with Gasteiger partial charge in [0.25, 0.3) is 0 Å². The zero-order valence-corrected chi connectivity index (χ0v) is 18.5. The van der Waals surface area contributed by atoms with Gasteiger partial charge in [0.05, 0.1) is 6.61 Å². The first kappa shape index (κ1) is 21.8. The Morgan fingerprint density at radius 3 is 2.69 bits per heavy atom. The van der Waals surface area contributed by atoms with Crippen LogP contribution in [0, 0.1) is 5.92 Å². The standard InChI is InChI=1S/C26H28N2O4/c1-18(2)26(30)28-12-11-23-21(15-28)14-24(32-23)20-9-6-10-22(13-20)27-25(29)17-31-16-19-7-4-3-5-8-19/h3-10,13-14,18H,11-12,15-17H2,1-2H3,(H,27,29). The van der Waals surface area contributed by atoms with Gasteiger partial charge in [-0.1, -0.05) is 56.3 Å². The van der Waals surface area contributed by atoms with Crippen molar-refractivity contribution in [3.8, 4) is 11.3 Å². The molecule has 6 heteroatoms. The van der Waals surface area contributed by atoms with Crippen LogP contribution in [0.1, 0.15) is 30.7 Å². The van der Waals surface area contributed by atoms with E-state index in [-0.39, 0.29) is 24.3 Å². The summed E-state index contributed by atoms with van der Waals surface area (Å²) < 4.78 is 11.6. The summed E-state index contributed by atoms with van der Waals surface area (Å²) in [6.07, 6.45) is 0.711. The normalized spacial score (nSPS) is 13.2. The molecule has 1 aliphatic heterocycles. The Kier molecular flexibility index (Phi) is 6.71. The second kappa shape index (κ2) is 9.83. The Balaban J connectivity index is 1.37. The van der Waals surface area contributed by atoms with Crippen LogP contribution in [0.2, 0.25) is 0 Å². The minimum atomic E-state index is -0.209. The summed E-state index contributed by atoms with van der Waals surface area (Å²) in [4.78, 5) is 26.5. The highest BCUT2D eigenvalue weighted by Gasteiger charge is 2.25. The van der Waals surface area contributed by atoms with Gasteiger partial charge in [-0.05, 0) is 23.8 Å². The first-order valence-electron chi connectivity index (χ1n) is 10.9. The third kappa shape index (κ3) is 5.26. The Bertz CT molecular complexity index is 1090. The molecule has 1 aromatic heterocycles. The number of carbonyl (C=O) groups is 2. The Labute approximate surface area is 188 Å². The van der Waals surface area contributed by atoms with Gasteiger partial charge in [0.1, 0.15) is 18.1 Å². The quantitative estimate of drug-likeness (QED) is 0.590. The average molecular weight is 433 g/mol. The second-order valence-corrected chi connectivity index (χ2v) is 8.33. The minimum absolute atomic E-state index is 0.0140. The molecule has 0 saturated carbocycles. The molecule has 0 radical (unpaired) electrons. The lowest BCUT2D eigenvalue weighted by Crippen LogP contribution is -2.37. The second-order valence-electron chi connectivity index (χ2n) is 8.33. The zero-order chi connectivity index (χ0) is 22.5. The number of fused-ring (bicyclic) bond motifs is 1. The van der Waals surface area contributed by atoms with Crippen molar-refractivity contribution in [1.82, 2.24) is 4.90 Å². The Morgan fingerprint density at radius 1 is 1.09 bits per heavy atom. The van der Waals surface area contributed by atoms with Gasteiger partial charge in [-0.3, -0.25) is 9.59 Å². The van der Waals surface area contributed by atoms with Gasteiger partial charge in [0.15, 0.2) is 0 Å². The number of nitrogens with one attached hydrogen (secondary N) is 1. The van der Waals surface area contributed by atoms with Crippen LogP contribution in [0.5, 0.6) is 0 Å². The Hall–Kier alpha value is -3.38. The summed E-state index contributed by atoms with van der Waals surface area (Å²) in [5.74, 6) is 1.61. The molecule has 0 bridgehead atoms. The van der Waals surface area contributed by atoms with Gasteiger partial charge >= 0.3 is 0 Å². The molecule has 166 valence electrons. The molecule has 3 aromatic rings. The number of amides is 2. The van der Waals surface area contributed by atoms with E-state index in [0.717, 1.165) is 28.2 Å². The maximum atomic E-state index is 12.3. The number of nitrogens with zero attached hydrogens (tertiary/aromatic N) is 1. The molecule has 0 saturated heterocycles. The monoisotopic (exact) mass is 432 g/mol. The fourth-order valence-electron chi connectivity index (χ4n) is 3.81.